The Morgan fingerprint density at radius 3 is 2.59 bits per heavy atom. The zero-order valence-corrected chi connectivity index (χ0v) is 12.5. The second-order valence-electron chi connectivity index (χ2n) is 5.32. The quantitative estimate of drug-likeness (QED) is 0.726. The van der Waals surface area contributed by atoms with Crippen LogP contribution in [0.2, 0.25) is 0 Å². The highest BCUT2D eigenvalue weighted by atomic mass is 32.1. The van der Waals surface area contributed by atoms with Crippen LogP contribution in [0.25, 0.3) is 0 Å². The molecule has 0 saturated carbocycles. The molecule has 0 fully saturated rings. The van der Waals surface area contributed by atoms with Gasteiger partial charge in [-0.3, -0.25) is 0 Å². The molecule has 0 radical (unpaired) electrons. The van der Waals surface area contributed by atoms with Gasteiger partial charge >= 0.3 is 0 Å². The van der Waals surface area contributed by atoms with Crippen molar-refractivity contribution in [2.24, 2.45) is 11.8 Å². The SMILES string of the molecule is CCCNC(C)C(CCc1ccsc1)C(C)C. The predicted molar refractivity (Wildman–Crippen MR) is 78.7 cm³/mol. The number of nitrogens with one attached hydrogen (secondary N) is 1. The third-order valence-corrected chi connectivity index (χ3v) is 4.29. The second kappa shape index (κ2) is 7.88. The summed E-state index contributed by atoms with van der Waals surface area (Å²) in [7, 11) is 0. The monoisotopic (exact) mass is 253 g/mol. The molecule has 0 aliphatic rings. The summed E-state index contributed by atoms with van der Waals surface area (Å²) < 4.78 is 0. The van der Waals surface area contributed by atoms with Gasteiger partial charge in [0.05, 0.1) is 0 Å². The van der Waals surface area contributed by atoms with Gasteiger partial charge in [0.2, 0.25) is 0 Å². The van der Waals surface area contributed by atoms with Gasteiger partial charge in [-0.05, 0) is 67.0 Å². The predicted octanol–water partition coefficient (Wildman–Crippen LogP) is 4.34. The van der Waals surface area contributed by atoms with Gasteiger partial charge in [0.1, 0.15) is 0 Å². The molecular weight excluding hydrogens is 226 g/mol. The molecule has 1 aromatic rings. The van der Waals surface area contributed by atoms with Gasteiger partial charge in [0.25, 0.3) is 0 Å². The van der Waals surface area contributed by atoms with E-state index >= 15 is 0 Å². The number of hydrogen-bond donors (Lipinski definition) is 1. The van der Waals surface area contributed by atoms with Gasteiger partial charge in [-0.2, -0.15) is 11.3 Å². The lowest BCUT2D eigenvalue weighted by atomic mass is 9.84. The van der Waals surface area contributed by atoms with Crippen LogP contribution in [-0.2, 0) is 6.42 Å². The Morgan fingerprint density at radius 1 is 1.29 bits per heavy atom. The van der Waals surface area contributed by atoms with E-state index in [0.717, 1.165) is 18.4 Å². The van der Waals surface area contributed by atoms with Crippen molar-refractivity contribution in [1.82, 2.24) is 5.32 Å². The Hall–Kier alpha value is -0.340. The molecule has 1 rings (SSSR count). The van der Waals surface area contributed by atoms with E-state index in [0.29, 0.717) is 6.04 Å². The highest BCUT2D eigenvalue weighted by Crippen LogP contribution is 2.22. The zero-order chi connectivity index (χ0) is 12.7. The van der Waals surface area contributed by atoms with Gasteiger partial charge in [0.15, 0.2) is 0 Å². The van der Waals surface area contributed by atoms with Crippen molar-refractivity contribution in [3.63, 3.8) is 0 Å². The summed E-state index contributed by atoms with van der Waals surface area (Å²) in [4.78, 5) is 0. The van der Waals surface area contributed by atoms with Crippen LogP contribution in [0.1, 0.15) is 46.1 Å². The maximum atomic E-state index is 3.65. The largest absolute Gasteiger partial charge is 0.314 e. The number of rotatable bonds is 8. The van der Waals surface area contributed by atoms with E-state index in [-0.39, 0.29) is 0 Å². The van der Waals surface area contributed by atoms with E-state index in [1.54, 1.807) is 11.3 Å². The minimum Gasteiger partial charge on any atom is -0.314 e. The van der Waals surface area contributed by atoms with E-state index in [9.17, 15) is 0 Å². The topological polar surface area (TPSA) is 12.0 Å². The fraction of sp³-hybridized carbons (Fsp3) is 0.733. The molecule has 0 saturated heterocycles. The first-order valence-electron chi connectivity index (χ1n) is 6.89. The molecule has 0 aliphatic heterocycles. The molecular formula is C15H27NS. The average molecular weight is 253 g/mol. The third-order valence-electron chi connectivity index (χ3n) is 3.56. The van der Waals surface area contributed by atoms with Gasteiger partial charge in [0, 0.05) is 6.04 Å². The standard InChI is InChI=1S/C15H27NS/c1-5-9-16-13(4)15(12(2)3)7-6-14-8-10-17-11-14/h8,10-13,15-16H,5-7,9H2,1-4H3. The molecule has 1 heterocycles. The van der Waals surface area contributed by atoms with Crippen molar-refractivity contribution in [3.8, 4) is 0 Å². The second-order valence-corrected chi connectivity index (χ2v) is 6.10. The number of thiophene rings is 1. The lowest BCUT2D eigenvalue weighted by Crippen LogP contribution is -2.36. The highest BCUT2D eigenvalue weighted by Gasteiger charge is 2.19. The third kappa shape index (κ3) is 5.22. The molecule has 1 aromatic heterocycles. The summed E-state index contributed by atoms with van der Waals surface area (Å²) in [5.41, 5.74) is 1.50. The first-order valence-corrected chi connectivity index (χ1v) is 7.83. The Morgan fingerprint density at radius 2 is 2.06 bits per heavy atom. The van der Waals surface area contributed by atoms with Crippen LogP contribution in [-0.4, -0.2) is 12.6 Å². The normalized spacial score (nSPS) is 15.1. The molecule has 1 N–H and O–H groups in total. The number of aryl methyl sites for hydroxylation is 1. The summed E-state index contributed by atoms with van der Waals surface area (Å²) in [6.45, 7) is 10.4. The first kappa shape index (κ1) is 14.7. The highest BCUT2D eigenvalue weighted by molar-refractivity contribution is 7.07. The Balaban J connectivity index is 2.42. The summed E-state index contributed by atoms with van der Waals surface area (Å²) >= 11 is 1.81. The summed E-state index contributed by atoms with van der Waals surface area (Å²) in [5, 5.41) is 8.10. The molecule has 17 heavy (non-hydrogen) atoms. The van der Waals surface area contributed by atoms with E-state index in [1.165, 1.54) is 24.8 Å². The zero-order valence-electron chi connectivity index (χ0n) is 11.7. The van der Waals surface area contributed by atoms with E-state index < -0.39 is 0 Å². The van der Waals surface area contributed by atoms with Crippen LogP contribution >= 0.6 is 11.3 Å². The summed E-state index contributed by atoms with van der Waals surface area (Å²) in [6, 6.07) is 2.89. The Kier molecular flexibility index (Phi) is 6.83. The molecule has 2 unspecified atom stereocenters. The van der Waals surface area contributed by atoms with Crippen LogP contribution < -0.4 is 5.32 Å². The van der Waals surface area contributed by atoms with Crippen LogP contribution in [0.4, 0.5) is 0 Å². The van der Waals surface area contributed by atoms with E-state index in [2.05, 4.69) is 49.8 Å². The van der Waals surface area contributed by atoms with Crippen molar-refractivity contribution in [2.45, 2.75) is 53.0 Å². The van der Waals surface area contributed by atoms with Crippen molar-refractivity contribution >= 4 is 11.3 Å². The van der Waals surface area contributed by atoms with E-state index in [4.69, 9.17) is 0 Å². The van der Waals surface area contributed by atoms with Crippen molar-refractivity contribution in [2.75, 3.05) is 6.54 Å². The minimum atomic E-state index is 0.633. The van der Waals surface area contributed by atoms with Crippen LogP contribution in [0.15, 0.2) is 16.8 Å². The molecule has 0 aliphatic carbocycles. The molecule has 98 valence electrons. The maximum Gasteiger partial charge on any atom is 0.00695 e. The van der Waals surface area contributed by atoms with Gasteiger partial charge < -0.3 is 5.32 Å². The van der Waals surface area contributed by atoms with E-state index in [1.807, 2.05) is 0 Å². The molecule has 0 spiro atoms. The smallest absolute Gasteiger partial charge is 0.00695 e. The Labute approximate surface area is 111 Å². The molecule has 0 aromatic carbocycles. The van der Waals surface area contributed by atoms with Crippen molar-refractivity contribution in [3.05, 3.63) is 22.4 Å². The maximum absolute atomic E-state index is 3.65. The fourth-order valence-electron chi connectivity index (χ4n) is 2.45. The lowest BCUT2D eigenvalue weighted by molar-refractivity contribution is 0.274. The van der Waals surface area contributed by atoms with Crippen molar-refractivity contribution < 1.29 is 0 Å². The average Bonchev–Trinajstić information content (AvgIpc) is 2.79. The number of hydrogen-bond acceptors (Lipinski definition) is 2. The van der Waals surface area contributed by atoms with Gasteiger partial charge in [-0.15, -0.1) is 0 Å². The molecule has 0 bridgehead atoms. The summed E-state index contributed by atoms with van der Waals surface area (Å²) in [5.74, 6) is 1.54. The van der Waals surface area contributed by atoms with Crippen LogP contribution in [0.3, 0.4) is 0 Å². The van der Waals surface area contributed by atoms with Gasteiger partial charge in [-0.1, -0.05) is 20.8 Å². The van der Waals surface area contributed by atoms with Gasteiger partial charge in [-0.25, -0.2) is 0 Å². The van der Waals surface area contributed by atoms with Crippen LogP contribution in [0.5, 0.6) is 0 Å². The fourth-order valence-corrected chi connectivity index (χ4v) is 3.16. The van der Waals surface area contributed by atoms with Crippen molar-refractivity contribution in [1.29, 1.82) is 0 Å². The first-order chi connectivity index (χ1) is 8.15. The lowest BCUT2D eigenvalue weighted by Gasteiger charge is -2.28. The van der Waals surface area contributed by atoms with Crippen LogP contribution in [0, 0.1) is 11.8 Å². The molecule has 2 heteroatoms. The minimum absolute atomic E-state index is 0.633. The molecule has 2 atom stereocenters. The molecule has 0 amide bonds. The summed E-state index contributed by atoms with van der Waals surface area (Å²) in [6.07, 6.45) is 3.75. The molecule has 1 nitrogen and oxygen atoms in total. The Bertz CT molecular complexity index is 279.